The number of aliphatic hydroxyl groups is 1. The van der Waals surface area contributed by atoms with Crippen LogP contribution in [0.3, 0.4) is 0 Å². The monoisotopic (exact) mass is 247 g/mol. The predicted molar refractivity (Wildman–Crippen MR) is 69.5 cm³/mol. The fourth-order valence-electron chi connectivity index (χ4n) is 3.61. The number of hydrogen-bond acceptors (Lipinski definition) is 3. The van der Waals surface area contributed by atoms with Crippen LogP contribution in [0, 0.1) is 0 Å². The average molecular weight is 247 g/mol. The molecule has 1 N–H and O–H groups in total. The summed E-state index contributed by atoms with van der Waals surface area (Å²) in [6, 6.07) is 4.14. The second-order valence-electron chi connectivity index (χ2n) is 5.68. The van der Waals surface area contributed by atoms with Gasteiger partial charge in [0.15, 0.2) is 0 Å². The number of aromatic nitrogens is 1. The first kappa shape index (κ1) is 12.1. The largest absolute Gasteiger partial charge is 0.389 e. The van der Waals surface area contributed by atoms with Gasteiger partial charge in [0.2, 0.25) is 0 Å². The molecule has 1 heterocycles. The molecule has 1 aromatic heterocycles. The summed E-state index contributed by atoms with van der Waals surface area (Å²) in [7, 11) is 1.77. The molecule has 1 saturated carbocycles. The molecule has 2 aliphatic carbocycles. The van der Waals surface area contributed by atoms with E-state index in [2.05, 4.69) is 11.1 Å². The van der Waals surface area contributed by atoms with Gasteiger partial charge in [-0.2, -0.15) is 0 Å². The van der Waals surface area contributed by atoms with Gasteiger partial charge >= 0.3 is 0 Å². The number of aryl methyl sites for hydroxylation is 1. The van der Waals surface area contributed by atoms with Crippen molar-refractivity contribution in [1.29, 1.82) is 0 Å². The second-order valence-corrected chi connectivity index (χ2v) is 5.68. The van der Waals surface area contributed by atoms with Crippen LogP contribution in [0.15, 0.2) is 18.3 Å². The summed E-state index contributed by atoms with van der Waals surface area (Å²) in [5.74, 6) is 0.228. The van der Waals surface area contributed by atoms with Crippen LogP contribution in [0.4, 0.5) is 0 Å². The Morgan fingerprint density at radius 3 is 2.83 bits per heavy atom. The number of methoxy groups -OCH3 is 1. The Kier molecular flexibility index (Phi) is 3.12. The third-order valence-electron chi connectivity index (χ3n) is 4.74. The molecule has 98 valence electrons. The summed E-state index contributed by atoms with van der Waals surface area (Å²) < 4.78 is 5.39. The molecule has 18 heavy (non-hydrogen) atoms. The zero-order valence-electron chi connectivity index (χ0n) is 10.9. The molecule has 1 aromatic rings. The second kappa shape index (κ2) is 4.63. The van der Waals surface area contributed by atoms with Gasteiger partial charge in [0, 0.05) is 24.9 Å². The lowest BCUT2D eigenvalue weighted by Gasteiger charge is -2.39. The molecular weight excluding hydrogens is 226 g/mol. The molecule has 0 saturated heterocycles. The minimum atomic E-state index is -0.561. The van der Waals surface area contributed by atoms with Crippen LogP contribution in [-0.2, 0) is 11.2 Å². The highest BCUT2D eigenvalue weighted by Crippen LogP contribution is 2.46. The van der Waals surface area contributed by atoms with Crippen LogP contribution < -0.4 is 0 Å². The van der Waals surface area contributed by atoms with E-state index in [1.165, 1.54) is 5.56 Å². The van der Waals surface area contributed by atoms with Crippen molar-refractivity contribution in [3.8, 4) is 0 Å². The Labute approximate surface area is 108 Å². The molecule has 0 bridgehead atoms. The third-order valence-corrected chi connectivity index (χ3v) is 4.74. The normalized spacial score (nSPS) is 35.4. The molecule has 0 spiro atoms. The molecule has 0 radical (unpaired) electrons. The predicted octanol–water partition coefficient (Wildman–Crippen LogP) is 2.43. The van der Waals surface area contributed by atoms with E-state index >= 15 is 0 Å². The van der Waals surface area contributed by atoms with Gasteiger partial charge in [0.25, 0.3) is 0 Å². The van der Waals surface area contributed by atoms with Crippen LogP contribution in [-0.4, -0.2) is 28.9 Å². The molecule has 3 nitrogen and oxygen atoms in total. The summed E-state index contributed by atoms with van der Waals surface area (Å²) in [6.45, 7) is 0. The quantitative estimate of drug-likeness (QED) is 0.872. The minimum Gasteiger partial charge on any atom is -0.389 e. The molecule has 1 fully saturated rings. The molecular formula is C15H21NO2. The van der Waals surface area contributed by atoms with E-state index < -0.39 is 5.60 Å². The molecule has 1 unspecified atom stereocenters. The number of hydrogen-bond donors (Lipinski definition) is 1. The Hall–Kier alpha value is -0.930. The zero-order chi connectivity index (χ0) is 12.6. The van der Waals surface area contributed by atoms with E-state index in [9.17, 15) is 5.11 Å². The summed E-state index contributed by atoms with van der Waals surface area (Å²) >= 11 is 0. The first-order chi connectivity index (χ1) is 8.73. The van der Waals surface area contributed by atoms with Gasteiger partial charge in [-0.25, -0.2) is 0 Å². The van der Waals surface area contributed by atoms with Crippen molar-refractivity contribution in [1.82, 2.24) is 4.98 Å². The van der Waals surface area contributed by atoms with E-state index in [1.54, 1.807) is 7.11 Å². The maximum absolute atomic E-state index is 10.9. The fourth-order valence-corrected chi connectivity index (χ4v) is 3.61. The van der Waals surface area contributed by atoms with E-state index in [4.69, 9.17) is 4.74 Å². The van der Waals surface area contributed by atoms with Gasteiger partial charge < -0.3 is 9.84 Å². The van der Waals surface area contributed by atoms with E-state index in [0.29, 0.717) is 6.10 Å². The lowest BCUT2D eigenvalue weighted by atomic mass is 9.73. The maximum atomic E-state index is 10.9. The first-order valence-corrected chi connectivity index (χ1v) is 6.92. The van der Waals surface area contributed by atoms with Crippen molar-refractivity contribution in [3.05, 3.63) is 29.6 Å². The fraction of sp³-hybridized carbons (Fsp3) is 0.667. The Bertz CT molecular complexity index is 424. The highest BCUT2D eigenvalue weighted by molar-refractivity contribution is 5.31. The van der Waals surface area contributed by atoms with Crippen molar-refractivity contribution >= 4 is 0 Å². The molecule has 3 heteroatoms. The van der Waals surface area contributed by atoms with E-state index in [0.717, 1.165) is 44.2 Å². The molecule has 0 amide bonds. The summed E-state index contributed by atoms with van der Waals surface area (Å²) in [5.41, 5.74) is 1.90. The SMILES string of the molecule is COC1CCC(O)(C2CCc3cccnc32)CC1. The molecule has 1 atom stereocenters. The third kappa shape index (κ3) is 1.95. The Morgan fingerprint density at radius 2 is 2.11 bits per heavy atom. The number of rotatable bonds is 2. The van der Waals surface area contributed by atoms with Crippen molar-refractivity contribution in [2.45, 2.75) is 56.1 Å². The molecule has 0 aromatic carbocycles. The smallest absolute Gasteiger partial charge is 0.0733 e. The number of nitrogens with zero attached hydrogens (tertiary/aromatic N) is 1. The minimum absolute atomic E-state index is 0.228. The van der Waals surface area contributed by atoms with Crippen LogP contribution in [0.1, 0.15) is 49.3 Å². The molecule has 2 aliphatic rings. The highest BCUT2D eigenvalue weighted by Gasteiger charge is 2.44. The van der Waals surface area contributed by atoms with Crippen molar-refractivity contribution in [2.24, 2.45) is 0 Å². The lowest BCUT2D eigenvalue weighted by Crippen LogP contribution is -2.41. The standard InChI is InChI=1S/C15H21NO2/c1-18-12-6-8-15(17,9-7-12)13-5-4-11-3-2-10-16-14(11)13/h2-3,10,12-13,17H,4-9H2,1H3. The van der Waals surface area contributed by atoms with Gasteiger partial charge in [-0.3, -0.25) is 4.98 Å². The van der Waals surface area contributed by atoms with E-state index in [1.807, 2.05) is 12.3 Å². The average Bonchev–Trinajstić information content (AvgIpc) is 2.84. The van der Waals surface area contributed by atoms with Crippen molar-refractivity contribution in [2.75, 3.05) is 7.11 Å². The number of fused-ring (bicyclic) bond motifs is 1. The van der Waals surface area contributed by atoms with Gasteiger partial charge in [-0.1, -0.05) is 6.07 Å². The zero-order valence-corrected chi connectivity index (χ0v) is 10.9. The summed E-state index contributed by atoms with van der Waals surface area (Å²) in [6.07, 6.45) is 7.89. The summed E-state index contributed by atoms with van der Waals surface area (Å²) in [5, 5.41) is 10.9. The van der Waals surface area contributed by atoms with E-state index in [-0.39, 0.29) is 5.92 Å². The summed E-state index contributed by atoms with van der Waals surface area (Å²) in [4.78, 5) is 4.51. The highest BCUT2D eigenvalue weighted by atomic mass is 16.5. The maximum Gasteiger partial charge on any atom is 0.0733 e. The van der Waals surface area contributed by atoms with Crippen molar-refractivity contribution in [3.63, 3.8) is 0 Å². The van der Waals surface area contributed by atoms with Crippen LogP contribution >= 0.6 is 0 Å². The molecule has 3 rings (SSSR count). The number of pyridine rings is 1. The van der Waals surface area contributed by atoms with Crippen LogP contribution in [0.25, 0.3) is 0 Å². The number of ether oxygens (including phenoxy) is 1. The van der Waals surface area contributed by atoms with Gasteiger partial charge in [0.1, 0.15) is 0 Å². The molecule has 0 aliphatic heterocycles. The lowest BCUT2D eigenvalue weighted by molar-refractivity contribution is -0.0608. The van der Waals surface area contributed by atoms with Crippen LogP contribution in [0.2, 0.25) is 0 Å². The van der Waals surface area contributed by atoms with Crippen LogP contribution in [0.5, 0.6) is 0 Å². The Balaban J connectivity index is 1.80. The Morgan fingerprint density at radius 1 is 1.33 bits per heavy atom. The van der Waals surface area contributed by atoms with Crippen molar-refractivity contribution < 1.29 is 9.84 Å². The topological polar surface area (TPSA) is 42.4 Å². The van der Waals surface area contributed by atoms with Gasteiger partial charge in [0.05, 0.1) is 11.7 Å². The van der Waals surface area contributed by atoms with Gasteiger partial charge in [-0.15, -0.1) is 0 Å². The van der Waals surface area contributed by atoms with Gasteiger partial charge in [-0.05, 0) is 50.2 Å². The first-order valence-electron chi connectivity index (χ1n) is 6.92.